The van der Waals surface area contributed by atoms with Gasteiger partial charge < -0.3 is 15.2 Å². The lowest BCUT2D eigenvalue weighted by atomic mass is 10.2. The molecular formula is C24H22ClN3O4. The third-order valence-electron chi connectivity index (χ3n) is 4.35. The second-order valence-electron chi connectivity index (χ2n) is 6.97. The monoisotopic (exact) mass is 451 g/mol. The van der Waals surface area contributed by atoms with Crippen LogP contribution in [0.3, 0.4) is 0 Å². The van der Waals surface area contributed by atoms with Gasteiger partial charge in [0.1, 0.15) is 18.1 Å². The second kappa shape index (κ2) is 11.0. The van der Waals surface area contributed by atoms with Crippen LogP contribution in [0.2, 0.25) is 5.02 Å². The zero-order chi connectivity index (χ0) is 22.9. The molecule has 8 heteroatoms. The number of ether oxygens (including phenoxy) is 1. The summed E-state index contributed by atoms with van der Waals surface area (Å²) in [5.41, 5.74) is 4.37. The number of phenols is 1. The van der Waals surface area contributed by atoms with Gasteiger partial charge in [0, 0.05) is 16.4 Å². The molecular weight excluding hydrogens is 430 g/mol. The molecule has 0 radical (unpaired) electrons. The van der Waals surface area contributed by atoms with Gasteiger partial charge in [0.2, 0.25) is 5.91 Å². The number of hydrazone groups is 1. The second-order valence-corrected chi connectivity index (χ2v) is 7.41. The van der Waals surface area contributed by atoms with Gasteiger partial charge in [0.05, 0.1) is 12.0 Å². The van der Waals surface area contributed by atoms with E-state index in [0.29, 0.717) is 28.8 Å². The van der Waals surface area contributed by atoms with E-state index in [9.17, 15) is 14.7 Å². The Kier molecular flexibility index (Phi) is 7.83. The topological polar surface area (TPSA) is 100 Å². The van der Waals surface area contributed by atoms with E-state index in [4.69, 9.17) is 16.3 Å². The Balaban J connectivity index is 1.48. The van der Waals surface area contributed by atoms with Gasteiger partial charge in [-0.2, -0.15) is 5.10 Å². The summed E-state index contributed by atoms with van der Waals surface area (Å²) in [6.45, 7) is 2.07. The van der Waals surface area contributed by atoms with E-state index in [0.717, 1.165) is 5.56 Å². The largest absolute Gasteiger partial charge is 0.507 e. The highest BCUT2D eigenvalue weighted by atomic mass is 35.5. The van der Waals surface area contributed by atoms with Crippen LogP contribution in [0.5, 0.6) is 11.5 Å². The molecule has 0 aliphatic rings. The third-order valence-corrected chi connectivity index (χ3v) is 4.59. The van der Waals surface area contributed by atoms with Crippen molar-refractivity contribution in [2.24, 2.45) is 5.10 Å². The summed E-state index contributed by atoms with van der Waals surface area (Å²) in [5, 5.41) is 16.7. The molecule has 0 fully saturated rings. The van der Waals surface area contributed by atoms with Gasteiger partial charge >= 0.3 is 0 Å². The SMILES string of the molecule is C/C(CC(=O)Nc1ccc(OCc2ccccc2)cc1)=N/NC(=O)c1cc(Cl)ccc1O. The van der Waals surface area contributed by atoms with Crippen LogP contribution in [0.15, 0.2) is 77.9 Å². The van der Waals surface area contributed by atoms with Gasteiger partial charge in [-0.15, -0.1) is 0 Å². The molecule has 0 spiro atoms. The Hall–Kier alpha value is -3.84. The fourth-order valence-electron chi connectivity index (χ4n) is 2.75. The fraction of sp³-hybridized carbons (Fsp3) is 0.125. The number of benzene rings is 3. The molecule has 0 bridgehead atoms. The van der Waals surface area contributed by atoms with Crippen molar-refractivity contribution in [1.82, 2.24) is 5.43 Å². The summed E-state index contributed by atoms with van der Waals surface area (Å²) in [4.78, 5) is 24.4. The number of nitrogens with one attached hydrogen (secondary N) is 2. The Morgan fingerprint density at radius 1 is 1.03 bits per heavy atom. The number of anilines is 1. The molecule has 0 unspecified atom stereocenters. The maximum atomic E-state index is 12.2. The quantitative estimate of drug-likeness (QED) is 0.339. The molecule has 0 atom stereocenters. The highest BCUT2D eigenvalue weighted by Gasteiger charge is 2.12. The average Bonchev–Trinajstić information content (AvgIpc) is 2.79. The van der Waals surface area contributed by atoms with Crippen LogP contribution < -0.4 is 15.5 Å². The van der Waals surface area contributed by atoms with E-state index in [1.54, 1.807) is 31.2 Å². The molecule has 0 heterocycles. The minimum absolute atomic E-state index is 0.00641. The van der Waals surface area contributed by atoms with Crippen LogP contribution in [0.25, 0.3) is 0 Å². The molecule has 32 heavy (non-hydrogen) atoms. The molecule has 3 aromatic rings. The molecule has 7 nitrogen and oxygen atoms in total. The summed E-state index contributed by atoms with van der Waals surface area (Å²) >= 11 is 5.84. The number of hydrogen-bond acceptors (Lipinski definition) is 5. The van der Waals surface area contributed by atoms with Crippen molar-refractivity contribution >= 4 is 34.8 Å². The highest BCUT2D eigenvalue weighted by Crippen LogP contribution is 2.21. The minimum Gasteiger partial charge on any atom is -0.507 e. The van der Waals surface area contributed by atoms with E-state index >= 15 is 0 Å². The molecule has 164 valence electrons. The first-order chi connectivity index (χ1) is 15.4. The smallest absolute Gasteiger partial charge is 0.275 e. The number of carbonyl (C=O) groups is 2. The lowest BCUT2D eigenvalue weighted by Gasteiger charge is -2.09. The fourth-order valence-corrected chi connectivity index (χ4v) is 2.92. The van der Waals surface area contributed by atoms with Crippen molar-refractivity contribution in [3.8, 4) is 11.5 Å². The van der Waals surface area contributed by atoms with Crippen LogP contribution in [0.1, 0.15) is 29.3 Å². The van der Waals surface area contributed by atoms with E-state index in [1.807, 2.05) is 30.3 Å². The first kappa shape index (κ1) is 22.8. The number of amides is 2. The van der Waals surface area contributed by atoms with E-state index in [1.165, 1.54) is 18.2 Å². The van der Waals surface area contributed by atoms with Crippen LogP contribution in [0.4, 0.5) is 5.69 Å². The van der Waals surface area contributed by atoms with E-state index in [2.05, 4.69) is 15.8 Å². The predicted octanol–water partition coefficient (Wildman–Crippen LogP) is 4.76. The van der Waals surface area contributed by atoms with E-state index in [-0.39, 0.29) is 23.6 Å². The number of rotatable bonds is 8. The van der Waals surface area contributed by atoms with Crippen LogP contribution in [-0.2, 0) is 11.4 Å². The summed E-state index contributed by atoms with van der Waals surface area (Å²) in [7, 11) is 0. The first-order valence-electron chi connectivity index (χ1n) is 9.79. The van der Waals surface area contributed by atoms with Gasteiger partial charge in [-0.25, -0.2) is 5.43 Å². The van der Waals surface area contributed by atoms with Crippen LogP contribution in [-0.4, -0.2) is 22.6 Å². The molecule has 0 saturated heterocycles. The summed E-state index contributed by atoms with van der Waals surface area (Å²) < 4.78 is 5.73. The lowest BCUT2D eigenvalue weighted by molar-refractivity contribution is -0.115. The van der Waals surface area contributed by atoms with E-state index < -0.39 is 5.91 Å². The number of nitrogens with zero attached hydrogens (tertiary/aromatic N) is 1. The zero-order valence-electron chi connectivity index (χ0n) is 17.3. The van der Waals surface area contributed by atoms with Gasteiger partial charge in [-0.3, -0.25) is 9.59 Å². The number of phenolic OH excluding ortho intramolecular Hbond substituents is 1. The number of carbonyl (C=O) groups excluding carboxylic acids is 2. The van der Waals surface area contributed by atoms with Gasteiger partial charge in [0.25, 0.3) is 5.91 Å². The van der Waals surface area contributed by atoms with Crippen molar-refractivity contribution in [2.75, 3.05) is 5.32 Å². The Morgan fingerprint density at radius 2 is 1.75 bits per heavy atom. The summed E-state index contributed by atoms with van der Waals surface area (Å²) in [6, 6.07) is 21.0. The average molecular weight is 452 g/mol. The molecule has 3 rings (SSSR count). The predicted molar refractivity (Wildman–Crippen MR) is 124 cm³/mol. The van der Waals surface area contributed by atoms with Crippen molar-refractivity contribution in [2.45, 2.75) is 20.0 Å². The maximum absolute atomic E-state index is 12.2. The molecule has 3 N–H and O–H groups in total. The number of hydrogen-bond donors (Lipinski definition) is 3. The lowest BCUT2D eigenvalue weighted by Crippen LogP contribution is -2.21. The van der Waals surface area contributed by atoms with Crippen molar-refractivity contribution in [1.29, 1.82) is 0 Å². The summed E-state index contributed by atoms with van der Waals surface area (Å²) in [6.07, 6.45) is -0.0198. The third kappa shape index (κ3) is 6.85. The maximum Gasteiger partial charge on any atom is 0.275 e. The Bertz CT molecular complexity index is 1120. The van der Waals surface area contributed by atoms with Crippen LogP contribution >= 0.6 is 11.6 Å². The van der Waals surface area contributed by atoms with Crippen molar-refractivity contribution in [3.63, 3.8) is 0 Å². The van der Waals surface area contributed by atoms with Gasteiger partial charge in [-0.05, 0) is 55.0 Å². The first-order valence-corrected chi connectivity index (χ1v) is 10.2. The normalized spacial score (nSPS) is 11.0. The Labute approximate surface area is 190 Å². The van der Waals surface area contributed by atoms with Crippen LogP contribution in [0, 0.1) is 0 Å². The molecule has 0 aliphatic carbocycles. The van der Waals surface area contributed by atoms with Crippen molar-refractivity contribution in [3.05, 3.63) is 88.9 Å². The molecule has 0 saturated carbocycles. The summed E-state index contributed by atoms with van der Waals surface area (Å²) in [5.74, 6) is -0.440. The standard InChI is InChI=1S/C24H22ClN3O4/c1-16(27-28-24(31)21-14-18(25)7-12-22(21)29)13-23(30)26-19-8-10-20(11-9-19)32-15-17-5-3-2-4-6-17/h2-12,14,29H,13,15H2,1H3,(H,26,30)(H,28,31)/b27-16-. The number of aromatic hydroxyl groups is 1. The molecule has 3 aromatic carbocycles. The molecule has 0 aromatic heterocycles. The zero-order valence-corrected chi connectivity index (χ0v) is 18.1. The molecule has 0 aliphatic heterocycles. The minimum atomic E-state index is -0.629. The molecule has 2 amide bonds. The van der Waals surface area contributed by atoms with Crippen molar-refractivity contribution < 1.29 is 19.4 Å². The number of halogens is 1. The van der Waals surface area contributed by atoms with Gasteiger partial charge in [-0.1, -0.05) is 41.9 Å². The van der Waals surface area contributed by atoms with Gasteiger partial charge in [0.15, 0.2) is 0 Å². The highest BCUT2D eigenvalue weighted by molar-refractivity contribution is 6.31. The Morgan fingerprint density at radius 3 is 2.47 bits per heavy atom.